The fraction of sp³-hybridized carbons (Fsp3) is 0.750. The number of aromatic nitrogens is 2. The van der Waals surface area contributed by atoms with Crippen molar-refractivity contribution in [2.45, 2.75) is 37.6 Å². The molecule has 1 aromatic heterocycles. The van der Waals surface area contributed by atoms with Crippen molar-refractivity contribution in [1.29, 1.82) is 0 Å². The Hall–Kier alpha value is -0.730. The third kappa shape index (κ3) is 3.13. The second-order valence-corrected chi connectivity index (χ2v) is 6.60. The highest BCUT2D eigenvalue weighted by Crippen LogP contribution is 2.18. The van der Waals surface area contributed by atoms with Crippen LogP contribution in [0.25, 0.3) is 0 Å². The molecule has 3 N–H and O–H groups in total. The van der Waals surface area contributed by atoms with Gasteiger partial charge in [0.15, 0.2) is 0 Å². The highest BCUT2D eigenvalue weighted by Gasteiger charge is 2.23. The van der Waals surface area contributed by atoms with Crippen LogP contribution >= 0.6 is 11.3 Å². The van der Waals surface area contributed by atoms with Crippen molar-refractivity contribution in [3.63, 3.8) is 0 Å². The third-order valence-electron chi connectivity index (χ3n) is 2.49. The molecule has 92 valence electrons. The lowest BCUT2D eigenvalue weighted by Gasteiger charge is -2.18. The van der Waals surface area contributed by atoms with Crippen molar-refractivity contribution < 1.29 is 8.42 Å². The lowest BCUT2D eigenvalue weighted by Crippen LogP contribution is -2.36. The lowest BCUT2D eigenvalue weighted by atomic mass is 10.0. The van der Waals surface area contributed by atoms with E-state index in [0.29, 0.717) is 0 Å². The first kappa shape index (κ1) is 13.3. The Morgan fingerprint density at radius 1 is 1.44 bits per heavy atom. The molecule has 6 nitrogen and oxygen atoms in total. The molecular weight excluding hydrogens is 248 g/mol. The molecule has 0 bridgehead atoms. The Morgan fingerprint density at radius 3 is 2.50 bits per heavy atom. The van der Waals surface area contributed by atoms with Crippen LogP contribution in [0.2, 0.25) is 0 Å². The Kier molecular flexibility index (Phi) is 4.22. The summed E-state index contributed by atoms with van der Waals surface area (Å²) in [5.41, 5.74) is 5.34. The molecule has 2 unspecified atom stereocenters. The number of hydrogen-bond donors (Lipinski definition) is 2. The molecule has 0 aliphatic rings. The van der Waals surface area contributed by atoms with Gasteiger partial charge in [-0.15, -0.1) is 10.2 Å². The summed E-state index contributed by atoms with van der Waals surface area (Å²) in [6, 6.07) is -0.139. The molecule has 0 aromatic carbocycles. The molecule has 0 aliphatic carbocycles. The van der Waals surface area contributed by atoms with Crippen molar-refractivity contribution in [2.24, 2.45) is 5.92 Å². The van der Waals surface area contributed by atoms with E-state index in [-0.39, 0.29) is 21.4 Å². The molecular formula is C8H16N4O2S2. The van der Waals surface area contributed by atoms with E-state index in [1.54, 1.807) is 0 Å². The van der Waals surface area contributed by atoms with Crippen LogP contribution in [0.4, 0.5) is 5.13 Å². The summed E-state index contributed by atoms with van der Waals surface area (Å²) in [7, 11) is -3.58. The molecule has 0 amide bonds. The predicted octanol–water partition coefficient (Wildman–Crippen LogP) is 0.833. The minimum Gasteiger partial charge on any atom is -0.374 e. The number of rotatable bonds is 5. The number of nitrogens with two attached hydrogens (primary N) is 1. The van der Waals surface area contributed by atoms with Crippen molar-refractivity contribution in [3.05, 3.63) is 0 Å². The highest BCUT2D eigenvalue weighted by atomic mass is 32.2. The van der Waals surface area contributed by atoms with Gasteiger partial charge in [-0.1, -0.05) is 31.6 Å². The fourth-order valence-electron chi connectivity index (χ4n) is 1.09. The molecule has 16 heavy (non-hydrogen) atoms. The predicted molar refractivity (Wildman–Crippen MR) is 63.6 cm³/mol. The zero-order valence-corrected chi connectivity index (χ0v) is 11.1. The summed E-state index contributed by atoms with van der Waals surface area (Å²) < 4.78 is 26.1. The van der Waals surface area contributed by atoms with Crippen molar-refractivity contribution in [2.75, 3.05) is 5.73 Å². The third-order valence-corrected chi connectivity index (χ3v) is 5.17. The van der Waals surface area contributed by atoms with Gasteiger partial charge in [-0.05, 0) is 12.8 Å². The summed E-state index contributed by atoms with van der Waals surface area (Å²) in [6.45, 7) is 5.83. The van der Waals surface area contributed by atoms with Gasteiger partial charge in [0.25, 0.3) is 10.0 Å². The number of anilines is 1. The average molecular weight is 264 g/mol. The van der Waals surface area contributed by atoms with Crippen LogP contribution < -0.4 is 10.5 Å². The van der Waals surface area contributed by atoms with Crippen molar-refractivity contribution in [3.8, 4) is 0 Å². The van der Waals surface area contributed by atoms with Gasteiger partial charge in [0, 0.05) is 6.04 Å². The molecule has 2 atom stereocenters. The molecule has 1 heterocycles. The topological polar surface area (TPSA) is 98.0 Å². The summed E-state index contributed by atoms with van der Waals surface area (Å²) >= 11 is 0.861. The van der Waals surface area contributed by atoms with Gasteiger partial charge in [0.1, 0.15) is 0 Å². The number of hydrogen-bond acceptors (Lipinski definition) is 6. The van der Waals surface area contributed by atoms with E-state index >= 15 is 0 Å². The van der Waals surface area contributed by atoms with Crippen molar-refractivity contribution in [1.82, 2.24) is 14.9 Å². The Labute approximate surface area is 99.3 Å². The second-order valence-electron chi connectivity index (χ2n) is 3.70. The van der Waals surface area contributed by atoms with E-state index in [1.165, 1.54) is 0 Å². The molecule has 0 spiro atoms. The Morgan fingerprint density at radius 2 is 2.06 bits per heavy atom. The first-order chi connectivity index (χ1) is 7.36. The molecule has 0 saturated carbocycles. The minimum absolute atomic E-state index is 0.0832. The number of nitrogen functional groups attached to an aromatic ring is 1. The number of sulfonamides is 1. The summed E-state index contributed by atoms with van der Waals surface area (Å²) in [4.78, 5) is 0. The molecule has 0 radical (unpaired) electrons. The SMILES string of the molecule is CCC(C)C(C)NS(=O)(=O)c1nnc(N)s1. The van der Waals surface area contributed by atoms with E-state index in [4.69, 9.17) is 5.73 Å². The van der Waals surface area contributed by atoms with Crippen LogP contribution in [0.15, 0.2) is 4.34 Å². The van der Waals surface area contributed by atoms with Crippen LogP contribution in [-0.4, -0.2) is 24.7 Å². The smallest absolute Gasteiger partial charge is 0.270 e. The van der Waals surface area contributed by atoms with E-state index in [0.717, 1.165) is 17.8 Å². The van der Waals surface area contributed by atoms with Gasteiger partial charge >= 0.3 is 0 Å². The van der Waals surface area contributed by atoms with Crippen LogP contribution in [0, 0.1) is 5.92 Å². The normalized spacial score (nSPS) is 15.9. The maximum atomic E-state index is 11.8. The standard InChI is InChI=1S/C8H16N4O2S2/c1-4-5(2)6(3)12-16(13,14)8-11-10-7(9)15-8/h5-6,12H,4H2,1-3H3,(H2,9,10). The van der Waals surface area contributed by atoms with E-state index in [9.17, 15) is 8.42 Å². The zero-order chi connectivity index (χ0) is 12.3. The number of nitrogens with one attached hydrogen (secondary N) is 1. The Bertz CT molecular complexity index is 443. The average Bonchev–Trinajstić information content (AvgIpc) is 2.63. The largest absolute Gasteiger partial charge is 0.374 e. The van der Waals surface area contributed by atoms with Gasteiger partial charge in [0.2, 0.25) is 9.47 Å². The van der Waals surface area contributed by atoms with Crippen LogP contribution in [0.5, 0.6) is 0 Å². The lowest BCUT2D eigenvalue weighted by molar-refractivity contribution is 0.433. The minimum atomic E-state index is -3.58. The maximum absolute atomic E-state index is 11.8. The van der Waals surface area contributed by atoms with Gasteiger partial charge in [-0.2, -0.15) is 0 Å². The van der Waals surface area contributed by atoms with E-state index in [2.05, 4.69) is 14.9 Å². The maximum Gasteiger partial charge on any atom is 0.270 e. The first-order valence-corrected chi connectivity index (χ1v) is 7.28. The van der Waals surface area contributed by atoms with Crippen LogP contribution in [0.3, 0.4) is 0 Å². The van der Waals surface area contributed by atoms with Crippen LogP contribution in [0.1, 0.15) is 27.2 Å². The van der Waals surface area contributed by atoms with Gasteiger partial charge in [-0.25, -0.2) is 13.1 Å². The first-order valence-electron chi connectivity index (χ1n) is 4.98. The summed E-state index contributed by atoms with van der Waals surface area (Å²) in [5.74, 6) is 0.264. The van der Waals surface area contributed by atoms with E-state index in [1.807, 2.05) is 20.8 Å². The Balaban J connectivity index is 2.80. The van der Waals surface area contributed by atoms with Crippen LogP contribution in [-0.2, 0) is 10.0 Å². The highest BCUT2D eigenvalue weighted by molar-refractivity contribution is 7.91. The van der Waals surface area contributed by atoms with Crippen molar-refractivity contribution >= 4 is 26.5 Å². The number of nitrogens with zero attached hydrogens (tertiary/aromatic N) is 2. The quantitative estimate of drug-likeness (QED) is 0.821. The molecule has 0 aliphatic heterocycles. The van der Waals surface area contributed by atoms with Gasteiger partial charge < -0.3 is 5.73 Å². The molecule has 1 aromatic rings. The molecule has 0 saturated heterocycles. The molecule has 1 rings (SSSR count). The molecule has 0 fully saturated rings. The summed E-state index contributed by atoms with van der Waals surface area (Å²) in [6.07, 6.45) is 0.905. The molecule has 8 heteroatoms. The summed E-state index contributed by atoms with van der Waals surface area (Å²) in [5, 5.41) is 7.15. The second kappa shape index (κ2) is 5.07. The van der Waals surface area contributed by atoms with Gasteiger partial charge in [0.05, 0.1) is 0 Å². The van der Waals surface area contributed by atoms with E-state index < -0.39 is 10.0 Å². The monoisotopic (exact) mass is 264 g/mol. The zero-order valence-electron chi connectivity index (χ0n) is 9.47. The fourth-order valence-corrected chi connectivity index (χ4v) is 3.25. The van der Waals surface area contributed by atoms with Gasteiger partial charge in [-0.3, -0.25) is 0 Å².